The first-order chi connectivity index (χ1) is 7.97. The molecule has 1 aromatic rings. The number of rotatable bonds is 4. The van der Waals surface area contributed by atoms with Crippen LogP contribution in [0.15, 0.2) is 33.4 Å². The fourth-order valence-corrected chi connectivity index (χ4v) is 1.91. The lowest BCUT2D eigenvalue weighted by molar-refractivity contribution is -0.133. The molecule has 0 bridgehead atoms. The molecule has 0 radical (unpaired) electrons. The van der Waals surface area contributed by atoms with Crippen molar-refractivity contribution in [2.24, 2.45) is 0 Å². The molecule has 0 aliphatic carbocycles. The number of benzene rings is 1. The molecule has 0 aliphatic rings. The van der Waals surface area contributed by atoms with E-state index < -0.39 is 17.9 Å². The van der Waals surface area contributed by atoms with Gasteiger partial charge < -0.3 is 10.2 Å². The minimum Gasteiger partial charge on any atom is -0.478 e. The fourth-order valence-electron chi connectivity index (χ4n) is 1.38. The molecular weight excluding hydrogens is 338 g/mol. The van der Waals surface area contributed by atoms with E-state index in [-0.39, 0.29) is 5.57 Å². The maximum atomic E-state index is 12.7. The van der Waals surface area contributed by atoms with Crippen LogP contribution in [-0.2, 0) is 4.79 Å². The number of aliphatic hydroxyl groups is 1. The lowest BCUT2D eigenvalue weighted by atomic mass is 10.0. The fraction of sp³-hybridized carbons (Fsp3) is 0.250. The zero-order chi connectivity index (χ0) is 13.0. The van der Waals surface area contributed by atoms with Gasteiger partial charge in [0, 0.05) is 3.58 Å². The molecule has 0 fully saturated rings. The molecule has 0 amide bonds. The van der Waals surface area contributed by atoms with Gasteiger partial charge in [0.2, 0.25) is 0 Å². The number of hydrogen-bond donors (Lipinski definition) is 2. The number of aliphatic hydroxyl groups excluding tert-OH is 1. The Bertz CT molecular complexity index is 440. The van der Waals surface area contributed by atoms with Crippen LogP contribution >= 0.6 is 22.6 Å². The van der Waals surface area contributed by atoms with E-state index in [1.165, 1.54) is 24.3 Å². The highest BCUT2D eigenvalue weighted by atomic mass is 127. The zero-order valence-electron chi connectivity index (χ0n) is 9.15. The number of aliphatic carboxylic acids is 1. The van der Waals surface area contributed by atoms with Gasteiger partial charge in [0.1, 0.15) is 11.9 Å². The Labute approximate surface area is 112 Å². The van der Waals surface area contributed by atoms with E-state index >= 15 is 0 Å². The number of hydrogen-bond acceptors (Lipinski definition) is 2. The predicted octanol–water partition coefficient (Wildman–Crippen LogP) is 3.04. The van der Waals surface area contributed by atoms with E-state index in [1.54, 1.807) is 0 Å². The molecule has 0 heterocycles. The molecule has 1 aromatic carbocycles. The lowest BCUT2D eigenvalue weighted by Crippen LogP contribution is -2.12. The van der Waals surface area contributed by atoms with Gasteiger partial charge in [-0.1, -0.05) is 19.1 Å². The van der Waals surface area contributed by atoms with Gasteiger partial charge in [0.15, 0.2) is 0 Å². The van der Waals surface area contributed by atoms with E-state index in [0.29, 0.717) is 15.6 Å². The number of carbonyl (C=O) groups is 1. The largest absolute Gasteiger partial charge is 0.478 e. The summed E-state index contributed by atoms with van der Waals surface area (Å²) >= 11 is 1.90. The third kappa shape index (κ3) is 3.50. The molecule has 1 atom stereocenters. The Balaban J connectivity index is 3.13. The smallest absolute Gasteiger partial charge is 0.335 e. The first-order valence-corrected chi connectivity index (χ1v) is 6.10. The minimum absolute atomic E-state index is 0.0558. The SMILES string of the molecule is CCC(I)=C(C(=O)O)C(O)c1ccc(F)cc1. The first kappa shape index (κ1) is 14.1. The Morgan fingerprint density at radius 2 is 1.94 bits per heavy atom. The third-order valence-electron chi connectivity index (χ3n) is 2.29. The quantitative estimate of drug-likeness (QED) is 0.648. The standard InChI is InChI=1S/C12H12FIO3/c1-2-9(14)10(12(16)17)11(15)7-3-5-8(13)6-4-7/h3-6,11,15H,2H2,1H3,(H,16,17). The Kier molecular flexibility index (Phi) is 5.07. The normalized spacial score (nSPS) is 14.1. The number of carboxylic acid groups (broad SMARTS) is 1. The highest BCUT2D eigenvalue weighted by molar-refractivity contribution is 14.1. The molecule has 1 unspecified atom stereocenters. The lowest BCUT2D eigenvalue weighted by Gasteiger charge is -2.13. The van der Waals surface area contributed by atoms with Crippen molar-refractivity contribution >= 4 is 28.6 Å². The monoisotopic (exact) mass is 350 g/mol. The van der Waals surface area contributed by atoms with Crippen molar-refractivity contribution < 1.29 is 19.4 Å². The van der Waals surface area contributed by atoms with Gasteiger partial charge in [0.25, 0.3) is 0 Å². The second kappa shape index (κ2) is 6.11. The highest BCUT2D eigenvalue weighted by Crippen LogP contribution is 2.29. The molecular formula is C12H12FIO3. The van der Waals surface area contributed by atoms with E-state index in [2.05, 4.69) is 0 Å². The van der Waals surface area contributed by atoms with Gasteiger partial charge in [-0.25, -0.2) is 9.18 Å². The summed E-state index contributed by atoms with van der Waals surface area (Å²) in [7, 11) is 0. The average Bonchev–Trinajstić information content (AvgIpc) is 2.29. The summed E-state index contributed by atoms with van der Waals surface area (Å²) in [5.41, 5.74) is 0.311. The van der Waals surface area contributed by atoms with E-state index in [9.17, 15) is 14.3 Å². The highest BCUT2D eigenvalue weighted by Gasteiger charge is 2.22. The van der Waals surface area contributed by atoms with Crippen molar-refractivity contribution in [1.82, 2.24) is 0 Å². The Morgan fingerprint density at radius 1 is 1.41 bits per heavy atom. The average molecular weight is 350 g/mol. The maximum Gasteiger partial charge on any atom is 0.335 e. The van der Waals surface area contributed by atoms with Gasteiger partial charge in [-0.05, 0) is 46.7 Å². The maximum absolute atomic E-state index is 12.7. The molecule has 0 spiro atoms. The van der Waals surface area contributed by atoms with Crippen LogP contribution < -0.4 is 0 Å². The number of allylic oxidation sites excluding steroid dienone is 1. The van der Waals surface area contributed by atoms with Crippen LogP contribution in [0.3, 0.4) is 0 Å². The molecule has 0 saturated heterocycles. The van der Waals surface area contributed by atoms with Crippen molar-refractivity contribution in [1.29, 1.82) is 0 Å². The van der Waals surface area contributed by atoms with Crippen molar-refractivity contribution in [2.75, 3.05) is 0 Å². The van der Waals surface area contributed by atoms with Crippen LogP contribution in [-0.4, -0.2) is 16.2 Å². The van der Waals surface area contributed by atoms with E-state index in [4.69, 9.17) is 5.11 Å². The molecule has 17 heavy (non-hydrogen) atoms. The topological polar surface area (TPSA) is 57.5 Å². The number of carboxylic acids is 1. The summed E-state index contributed by atoms with van der Waals surface area (Å²) in [6, 6.07) is 5.14. The van der Waals surface area contributed by atoms with Crippen molar-refractivity contribution in [3.8, 4) is 0 Å². The van der Waals surface area contributed by atoms with Crippen LogP contribution in [0.4, 0.5) is 4.39 Å². The van der Waals surface area contributed by atoms with Gasteiger partial charge >= 0.3 is 5.97 Å². The minimum atomic E-state index is -1.24. The Morgan fingerprint density at radius 3 is 2.35 bits per heavy atom. The predicted molar refractivity (Wildman–Crippen MR) is 70.3 cm³/mol. The molecule has 92 valence electrons. The Hall–Kier alpha value is -0.950. The molecule has 2 N–H and O–H groups in total. The molecule has 3 nitrogen and oxygen atoms in total. The van der Waals surface area contributed by atoms with Crippen molar-refractivity contribution in [3.63, 3.8) is 0 Å². The van der Waals surface area contributed by atoms with Crippen LogP contribution in [0, 0.1) is 5.82 Å². The van der Waals surface area contributed by atoms with Crippen LogP contribution in [0.25, 0.3) is 0 Å². The van der Waals surface area contributed by atoms with Crippen LogP contribution in [0.2, 0.25) is 0 Å². The molecule has 0 aliphatic heterocycles. The number of halogens is 2. The van der Waals surface area contributed by atoms with E-state index in [1.807, 2.05) is 29.5 Å². The first-order valence-electron chi connectivity index (χ1n) is 5.02. The summed E-state index contributed by atoms with van der Waals surface area (Å²) in [4.78, 5) is 11.1. The molecule has 0 saturated carbocycles. The van der Waals surface area contributed by atoms with Gasteiger partial charge in [-0.3, -0.25) is 0 Å². The summed E-state index contributed by atoms with van der Waals surface area (Å²) < 4.78 is 13.3. The molecule has 1 rings (SSSR count). The van der Waals surface area contributed by atoms with Gasteiger partial charge in [-0.15, -0.1) is 0 Å². The molecule has 5 heteroatoms. The summed E-state index contributed by atoms with van der Waals surface area (Å²) in [6.07, 6.45) is -0.708. The summed E-state index contributed by atoms with van der Waals surface area (Å²) in [5.74, 6) is -1.58. The molecule has 0 aromatic heterocycles. The van der Waals surface area contributed by atoms with Crippen molar-refractivity contribution in [3.05, 3.63) is 44.8 Å². The summed E-state index contributed by atoms with van der Waals surface area (Å²) in [5, 5.41) is 19.0. The summed E-state index contributed by atoms with van der Waals surface area (Å²) in [6.45, 7) is 1.81. The van der Waals surface area contributed by atoms with Crippen molar-refractivity contribution in [2.45, 2.75) is 19.4 Å². The van der Waals surface area contributed by atoms with E-state index in [0.717, 1.165) is 0 Å². The zero-order valence-corrected chi connectivity index (χ0v) is 11.3. The van der Waals surface area contributed by atoms with Gasteiger partial charge in [0.05, 0.1) is 5.57 Å². The second-order valence-corrected chi connectivity index (χ2v) is 4.73. The van der Waals surface area contributed by atoms with Crippen LogP contribution in [0.5, 0.6) is 0 Å². The van der Waals surface area contributed by atoms with Crippen LogP contribution in [0.1, 0.15) is 25.0 Å². The second-order valence-electron chi connectivity index (χ2n) is 3.43. The van der Waals surface area contributed by atoms with Gasteiger partial charge in [-0.2, -0.15) is 0 Å². The third-order valence-corrected chi connectivity index (χ3v) is 3.64.